The quantitative estimate of drug-likeness (QED) is 0.603. The second-order valence-corrected chi connectivity index (χ2v) is 10.3. The minimum Gasteiger partial charge on any atom is -0.422 e. The first-order valence-corrected chi connectivity index (χ1v) is 11.8. The van der Waals surface area contributed by atoms with Crippen LogP contribution in [-0.4, -0.2) is 68.9 Å². The Hall–Kier alpha value is -2.49. The van der Waals surface area contributed by atoms with Gasteiger partial charge < -0.3 is 9.64 Å². The summed E-state index contributed by atoms with van der Waals surface area (Å²) in [6.45, 7) is 7.32. The summed E-state index contributed by atoms with van der Waals surface area (Å²) in [5.41, 5.74) is 0.959. The van der Waals surface area contributed by atoms with Crippen LogP contribution in [0, 0.1) is 5.92 Å². The predicted octanol–water partition coefficient (Wildman–Crippen LogP) is 2.22. The van der Waals surface area contributed by atoms with E-state index in [0.717, 1.165) is 31.7 Å². The van der Waals surface area contributed by atoms with Crippen LogP contribution in [0.5, 0.6) is 5.75 Å². The summed E-state index contributed by atoms with van der Waals surface area (Å²) in [5, 5.41) is 0. The van der Waals surface area contributed by atoms with Gasteiger partial charge in [-0.1, -0.05) is 26.0 Å². The molecule has 2 heterocycles. The first-order chi connectivity index (χ1) is 14.7. The fourth-order valence-corrected chi connectivity index (χ4v) is 4.29. The van der Waals surface area contributed by atoms with Crippen LogP contribution in [0.3, 0.4) is 0 Å². The Kier molecular flexibility index (Phi) is 7.30. The molecule has 3 rings (SSSR count). The molecule has 0 saturated carbocycles. The molecule has 1 aromatic carbocycles. The average Bonchev–Trinajstić information content (AvgIpc) is 2.75. The summed E-state index contributed by atoms with van der Waals surface area (Å²) in [6, 6.07) is 10.6. The first-order valence-electron chi connectivity index (χ1n) is 10.3. The lowest BCUT2D eigenvalue weighted by molar-refractivity contribution is -0.137. The van der Waals surface area contributed by atoms with Crippen LogP contribution in [0.4, 0.5) is 5.82 Å². The van der Waals surface area contributed by atoms with Crippen molar-refractivity contribution in [1.82, 2.24) is 14.2 Å². The van der Waals surface area contributed by atoms with Crippen molar-refractivity contribution in [3.8, 4) is 5.75 Å². The molecule has 1 saturated heterocycles. The van der Waals surface area contributed by atoms with E-state index in [0.29, 0.717) is 23.0 Å². The molecule has 0 atom stereocenters. The van der Waals surface area contributed by atoms with Gasteiger partial charge in [0.1, 0.15) is 0 Å². The van der Waals surface area contributed by atoms with E-state index in [1.165, 1.54) is 18.4 Å². The van der Waals surface area contributed by atoms with Crippen molar-refractivity contribution in [2.75, 3.05) is 45.2 Å². The van der Waals surface area contributed by atoms with Gasteiger partial charge in [-0.05, 0) is 29.8 Å². The predicted molar refractivity (Wildman–Crippen MR) is 120 cm³/mol. The fourth-order valence-electron chi connectivity index (χ4n) is 3.32. The Morgan fingerprint density at radius 3 is 2.48 bits per heavy atom. The maximum atomic E-state index is 12.4. The van der Waals surface area contributed by atoms with E-state index < -0.39 is 10.0 Å². The number of ether oxygens (including phenoxy) is 1. The van der Waals surface area contributed by atoms with Crippen LogP contribution < -0.4 is 9.64 Å². The van der Waals surface area contributed by atoms with Gasteiger partial charge in [-0.15, -0.1) is 0 Å². The number of aromatic nitrogens is 1. The highest BCUT2D eigenvalue weighted by molar-refractivity contribution is 7.89. The lowest BCUT2D eigenvalue weighted by Gasteiger charge is -2.36. The molecule has 31 heavy (non-hydrogen) atoms. The molecule has 0 unspecified atom stereocenters. The van der Waals surface area contributed by atoms with Crippen LogP contribution in [0.25, 0.3) is 0 Å². The number of benzene rings is 1. The number of hydrogen-bond acceptors (Lipinski definition) is 7. The van der Waals surface area contributed by atoms with Crippen LogP contribution >= 0.6 is 0 Å². The molecule has 0 N–H and O–H groups in total. The van der Waals surface area contributed by atoms with Crippen molar-refractivity contribution >= 4 is 21.8 Å². The Morgan fingerprint density at radius 2 is 1.84 bits per heavy atom. The number of pyridine rings is 1. The smallest absolute Gasteiger partial charge is 0.313 e. The van der Waals surface area contributed by atoms with Crippen LogP contribution in [0.1, 0.15) is 19.4 Å². The Bertz CT molecular complexity index is 1020. The van der Waals surface area contributed by atoms with E-state index in [4.69, 9.17) is 4.74 Å². The minimum atomic E-state index is -3.45. The van der Waals surface area contributed by atoms with E-state index >= 15 is 0 Å². The van der Waals surface area contributed by atoms with E-state index in [2.05, 4.69) is 14.8 Å². The first kappa shape index (κ1) is 23.2. The molecule has 8 nitrogen and oxygen atoms in total. The molecular weight excluding hydrogens is 416 g/mol. The number of sulfonamides is 1. The van der Waals surface area contributed by atoms with Crippen molar-refractivity contribution in [3.05, 3.63) is 48.2 Å². The van der Waals surface area contributed by atoms with Crippen molar-refractivity contribution in [2.45, 2.75) is 25.3 Å². The fraction of sp³-hybridized carbons (Fsp3) is 0.455. The summed E-state index contributed by atoms with van der Waals surface area (Å²) in [6.07, 6.45) is 1.70. The van der Waals surface area contributed by atoms with Gasteiger partial charge in [-0.2, -0.15) is 0 Å². The van der Waals surface area contributed by atoms with Crippen molar-refractivity contribution in [1.29, 1.82) is 0 Å². The number of anilines is 1. The molecule has 168 valence electrons. The zero-order chi connectivity index (χ0) is 22.6. The third-order valence-electron chi connectivity index (χ3n) is 5.19. The second-order valence-electron chi connectivity index (χ2n) is 8.10. The maximum Gasteiger partial charge on any atom is 0.313 e. The summed E-state index contributed by atoms with van der Waals surface area (Å²) in [5.74, 6) is 0.670. The van der Waals surface area contributed by atoms with Gasteiger partial charge in [0.25, 0.3) is 0 Å². The lowest BCUT2D eigenvalue weighted by atomic mass is 10.2. The zero-order valence-corrected chi connectivity index (χ0v) is 19.3. The molecule has 1 aliphatic rings. The molecule has 0 amide bonds. The molecule has 2 aromatic rings. The van der Waals surface area contributed by atoms with Crippen LogP contribution in [0.15, 0.2) is 47.5 Å². The van der Waals surface area contributed by atoms with Crippen molar-refractivity contribution in [3.63, 3.8) is 0 Å². The summed E-state index contributed by atoms with van der Waals surface area (Å²) >= 11 is 0. The number of rotatable bonds is 7. The number of carbonyl (C=O) groups is 1. The SMILES string of the molecule is CC(C)C(=O)Oc1cccnc1N1CCN(Cc2cccc(S(=O)(=O)N(C)C)c2)CC1. The number of carbonyl (C=O) groups excluding carboxylic acids is 1. The third-order valence-corrected chi connectivity index (χ3v) is 7.00. The highest BCUT2D eigenvalue weighted by Crippen LogP contribution is 2.27. The highest BCUT2D eigenvalue weighted by Gasteiger charge is 2.23. The van der Waals surface area contributed by atoms with E-state index in [-0.39, 0.29) is 11.9 Å². The molecule has 1 fully saturated rings. The molecule has 9 heteroatoms. The number of hydrogen-bond donors (Lipinski definition) is 0. The molecule has 1 aromatic heterocycles. The van der Waals surface area contributed by atoms with Gasteiger partial charge in [-0.3, -0.25) is 9.69 Å². The Balaban J connectivity index is 1.65. The topological polar surface area (TPSA) is 83.0 Å². The van der Waals surface area contributed by atoms with Crippen LogP contribution in [0.2, 0.25) is 0 Å². The summed E-state index contributed by atoms with van der Waals surface area (Å²) in [4.78, 5) is 21.2. The van der Waals surface area contributed by atoms with Gasteiger partial charge in [0, 0.05) is 53.0 Å². The van der Waals surface area contributed by atoms with Crippen molar-refractivity contribution < 1.29 is 17.9 Å². The average molecular weight is 447 g/mol. The largest absolute Gasteiger partial charge is 0.422 e. The Labute approximate surface area is 184 Å². The molecule has 0 spiro atoms. The highest BCUT2D eigenvalue weighted by atomic mass is 32.2. The number of piperazine rings is 1. The van der Waals surface area contributed by atoms with Gasteiger partial charge in [-0.25, -0.2) is 17.7 Å². The molecule has 0 aliphatic carbocycles. The summed E-state index contributed by atoms with van der Waals surface area (Å²) in [7, 11) is -0.383. The molecule has 0 bridgehead atoms. The zero-order valence-electron chi connectivity index (χ0n) is 18.5. The van der Waals surface area contributed by atoms with E-state index in [1.807, 2.05) is 6.07 Å². The van der Waals surface area contributed by atoms with Crippen molar-refractivity contribution in [2.24, 2.45) is 5.92 Å². The van der Waals surface area contributed by atoms with E-state index in [9.17, 15) is 13.2 Å². The second kappa shape index (κ2) is 9.76. The molecule has 1 aliphatic heterocycles. The lowest BCUT2D eigenvalue weighted by Crippen LogP contribution is -2.46. The van der Waals surface area contributed by atoms with Crippen LogP contribution in [-0.2, 0) is 21.4 Å². The standard InChI is InChI=1S/C22H30N4O4S/c1-17(2)22(27)30-20-9-6-10-23-21(20)26-13-11-25(12-14-26)16-18-7-5-8-19(15-18)31(28,29)24(3)4/h5-10,15,17H,11-14,16H2,1-4H3. The maximum absolute atomic E-state index is 12.4. The summed E-state index contributed by atoms with van der Waals surface area (Å²) < 4.78 is 31.5. The molecule has 0 radical (unpaired) electrons. The number of nitrogens with zero attached hydrogens (tertiary/aromatic N) is 4. The van der Waals surface area contributed by atoms with E-state index in [1.54, 1.807) is 50.4 Å². The van der Waals surface area contributed by atoms with Gasteiger partial charge in [0.2, 0.25) is 10.0 Å². The van der Waals surface area contributed by atoms with Gasteiger partial charge >= 0.3 is 5.97 Å². The monoisotopic (exact) mass is 446 g/mol. The minimum absolute atomic E-state index is 0.211. The third kappa shape index (κ3) is 5.61. The number of esters is 1. The Morgan fingerprint density at radius 1 is 1.13 bits per heavy atom. The van der Waals surface area contributed by atoms with Gasteiger partial charge in [0.15, 0.2) is 11.6 Å². The molecular formula is C22H30N4O4S. The normalized spacial score (nSPS) is 15.5. The van der Waals surface area contributed by atoms with Gasteiger partial charge in [0.05, 0.1) is 10.8 Å².